The highest BCUT2D eigenvalue weighted by Gasteiger charge is 2.36. The average Bonchev–Trinajstić information content (AvgIpc) is 3.53. The maximum Gasteiger partial charge on any atom is 0.283 e. The number of fused-ring (bicyclic) bond motifs is 1. The molecule has 2 amide bonds. The zero-order valence-corrected chi connectivity index (χ0v) is 20.6. The Hall–Kier alpha value is -3.50. The SMILES string of the molecule is N=C1/C(=C/c2ccc(OCc3ccc(F)cc3)c(Cl)c2)C(=O)N=C2SC(CC(=O)N3CCCC3)=NN12. The van der Waals surface area contributed by atoms with Gasteiger partial charge < -0.3 is 9.64 Å². The maximum absolute atomic E-state index is 13.1. The first kappa shape index (κ1) is 24.2. The molecule has 3 aliphatic heterocycles. The second kappa shape index (κ2) is 10.2. The van der Waals surface area contributed by atoms with E-state index in [4.69, 9.17) is 21.7 Å². The molecule has 2 aromatic carbocycles. The molecule has 0 spiro atoms. The van der Waals surface area contributed by atoms with Gasteiger partial charge in [0.1, 0.15) is 23.2 Å². The topological polar surface area (TPSA) is 98.4 Å². The summed E-state index contributed by atoms with van der Waals surface area (Å²) < 4.78 is 18.8. The maximum atomic E-state index is 13.1. The van der Waals surface area contributed by atoms with Crippen LogP contribution in [0.4, 0.5) is 4.39 Å². The van der Waals surface area contributed by atoms with Gasteiger partial charge in [0.15, 0.2) is 5.84 Å². The minimum absolute atomic E-state index is 0.0100. The van der Waals surface area contributed by atoms with Gasteiger partial charge in [-0.2, -0.15) is 15.1 Å². The number of likely N-dealkylation sites (tertiary alicyclic amines) is 1. The van der Waals surface area contributed by atoms with E-state index in [1.165, 1.54) is 23.2 Å². The zero-order chi connectivity index (χ0) is 25.2. The van der Waals surface area contributed by atoms with Crippen LogP contribution in [0, 0.1) is 11.2 Å². The molecule has 0 atom stereocenters. The minimum atomic E-state index is -0.561. The van der Waals surface area contributed by atoms with Crippen LogP contribution in [-0.4, -0.2) is 50.9 Å². The van der Waals surface area contributed by atoms with Crippen molar-refractivity contribution in [1.82, 2.24) is 9.91 Å². The molecule has 0 bridgehead atoms. The molecular formula is C25H21ClFN5O3S. The number of hydrogen-bond donors (Lipinski definition) is 1. The highest BCUT2D eigenvalue weighted by molar-refractivity contribution is 8.27. The van der Waals surface area contributed by atoms with Crippen LogP contribution in [0.2, 0.25) is 5.02 Å². The summed E-state index contributed by atoms with van der Waals surface area (Å²) in [6.45, 7) is 1.72. The molecule has 11 heteroatoms. The quantitative estimate of drug-likeness (QED) is 0.552. The number of amidine groups is 2. The molecular weight excluding hydrogens is 505 g/mol. The van der Waals surface area contributed by atoms with E-state index < -0.39 is 5.91 Å². The Morgan fingerprint density at radius 3 is 2.67 bits per heavy atom. The van der Waals surface area contributed by atoms with Gasteiger partial charge in [-0.3, -0.25) is 15.0 Å². The van der Waals surface area contributed by atoms with Crippen LogP contribution >= 0.6 is 23.4 Å². The van der Waals surface area contributed by atoms with Crippen LogP contribution in [0.5, 0.6) is 5.75 Å². The highest BCUT2D eigenvalue weighted by Crippen LogP contribution is 2.31. The first-order valence-electron chi connectivity index (χ1n) is 11.3. The van der Waals surface area contributed by atoms with Crippen LogP contribution in [0.1, 0.15) is 30.4 Å². The number of halogens is 2. The summed E-state index contributed by atoms with van der Waals surface area (Å²) in [4.78, 5) is 31.0. The van der Waals surface area contributed by atoms with Gasteiger partial charge in [-0.15, -0.1) is 0 Å². The smallest absolute Gasteiger partial charge is 0.283 e. The predicted molar refractivity (Wildman–Crippen MR) is 138 cm³/mol. The number of nitrogens with zero attached hydrogens (tertiary/aromatic N) is 4. The summed E-state index contributed by atoms with van der Waals surface area (Å²) in [5.41, 5.74) is 1.44. The fraction of sp³-hybridized carbons (Fsp3) is 0.240. The number of hydrogen-bond acceptors (Lipinski definition) is 6. The van der Waals surface area contributed by atoms with Gasteiger partial charge >= 0.3 is 0 Å². The average molecular weight is 526 g/mol. The molecule has 0 radical (unpaired) electrons. The zero-order valence-electron chi connectivity index (χ0n) is 19.0. The molecule has 8 nitrogen and oxygen atoms in total. The second-order valence-electron chi connectivity index (χ2n) is 8.38. The lowest BCUT2D eigenvalue weighted by molar-refractivity contribution is -0.128. The molecule has 0 unspecified atom stereocenters. The predicted octanol–water partition coefficient (Wildman–Crippen LogP) is 4.69. The Bertz CT molecular complexity index is 1340. The third-order valence-electron chi connectivity index (χ3n) is 5.83. The summed E-state index contributed by atoms with van der Waals surface area (Å²) in [5, 5.41) is 15.3. The number of aliphatic imine (C=N–C) groups is 1. The van der Waals surface area contributed by atoms with Crippen LogP contribution < -0.4 is 4.74 Å². The Morgan fingerprint density at radius 2 is 1.94 bits per heavy atom. The van der Waals surface area contributed by atoms with E-state index in [0.717, 1.165) is 43.3 Å². The molecule has 2 aromatic rings. The van der Waals surface area contributed by atoms with E-state index in [-0.39, 0.29) is 41.3 Å². The van der Waals surface area contributed by atoms with Gasteiger partial charge in [-0.1, -0.05) is 29.8 Å². The van der Waals surface area contributed by atoms with Gasteiger partial charge in [0.25, 0.3) is 5.91 Å². The first-order chi connectivity index (χ1) is 17.4. The van der Waals surface area contributed by atoms with E-state index in [1.807, 2.05) is 0 Å². The van der Waals surface area contributed by atoms with Crippen molar-refractivity contribution in [2.24, 2.45) is 10.1 Å². The van der Waals surface area contributed by atoms with E-state index >= 15 is 0 Å². The lowest BCUT2D eigenvalue weighted by Crippen LogP contribution is -2.35. The Balaban J connectivity index is 1.28. The number of carbonyl (C=O) groups excluding carboxylic acids is 2. The number of carbonyl (C=O) groups is 2. The normalized spacial score (nSPS) is 18.4. The summed E-state index contributed by atoms with van der Waals surface area (Å²) >= 11 is 7.51. The molecule has 1 N–H and O–H groups in total. The van der Waals surface area contributed by atoms with Crippen molar-refractivity contribution in [2.45, 2.75) is 25.9 Å². The van der Waals surface area contributed by atoms with Crippen molar-refractivity contribution in [1.29, 1.82) is 5.41 Å². The van der Waals surface area contributed by atoms with Crippen molar-refractivity contribution in [2.75, 3.05) is 13.1 Å². The monoisotopic (exact) mass is 525 g/mol. The van der Waals surface area contributed by atoms with Crippen molar-refractivity contribution in [3.63, 3.8) is 0 Å². The number of amides is 2. The molecule has 0 saturated carbocycles. The van der Waals surface area contributed by atoms with Gasteiger partial charge in [-0.05, 0) is 66.1 Å². The van der Waals surface area contributed by atoms with Crippen molar-refractivity contribution >= 4 is 57.3 Å². The summed E-state index contributed by atoms with van der Waals surface area (Å²) in [6, 6.07) is 11.0. The fourth-order valence-electron chi connectivity index (χ4n) is 3.94. The van der Waals surface area contributed by atoms with Gasteiger partial charge in [0.2, 0.25) is 11.1 Å². The molecule has 36 heavy (non-hydrogen) atoms. The number of ether oxygens (including phenoxy) is 1. The summed E-state index contributed by atoms with van der Waals surface area (Å²) in [6.07, 6.45) is 3.65. The number of nitrogens with one attached hydrogen (secondary N) is 1. The van der Waals surface area contributed by atoms with E-state index in [2.05, 4.69) is 10.1 Å². The number of thioether (sulfide) groups is 1. The standard InChI is InChI=1S/C25H21ClFN5O3S/c26-19-12-16(5-8-20(19)35-14-15-3-6-17(27)7-4-15)11-18-23(28)32-25(29-24(18)34)36-21(30-32)13-22(33)31-9-1-2-10-31/h3-8,11-12,28H,1-2,9-10,13-14H2/b18-11-,28-23?. The minimum Gasteiger partial charge on any atom is -0.487 e. The van der Waals surface area contributed by atoms with Gasteiger partial charge in [0.05, 0.1) is 17.0 Å². The lowest BCUT2D eigenvalue weighted by atomic mass is 10.1. The lowest BCUT2D eigenvalue weighted by Gasteiger charge is -2.20. The highest BCUT2D eigenvalue weighted by atomic mass is 35.5. The van der Waals surface area contributed by atoms with E-state index in [1.54, 1.807) is 35.2 Å². The molecule has 3 aliphatic rings. The second-order valence-corrected chi connectivity index (χ2v) is 9.83. The van der Waals surface area contributed by atoms with Gasteiger partial charge in [0, 0.05) is 13.1 Å². The van der Waals surface area contributed by atoms with Crippen LogP contribution in [0.25, 0.3) is 6.08 Å². The van der Waals surface area contributed by atoms with E-state index in [9.17, 15) is 14.0 Å². The molecule has 1 fully saturated rings. The van der Waals surface area contributed by atoms with Crippen molar-refractivity contribution in [3.05, 3.63) is 70.0 Å². The Labute approximate surface area is 216 Å². The summed E-state index contributed by atoms with van der Waals surface area (Å²) in [5.74, 6) is -0.577. The van der Waals surface area contributed by atoms with Crippen LogP contribution in [-0.2, 0) is 16.2 Å². The molecule has 3 heterocycles. The van der Waals surface area contributed by atoms with Crippen molar-refractivity contribution in [3.8, 4) is 5.75 Å². The third kappa shape index (κ3) is 5.19. The number of benzene rings is 2. The number of hydrazone groups is 1. The molecule has 5 rings (SSSR count). The Kier molecular flexibility index (Phi) is 6.88. The van der Waals surface area contributed by atoms with Crippen LogP contribution in [0.15, 0.2) is 58.1 Å². The molecule has 184 valence electrons. The molecule has 0 aromatic heterocycles. The first-order valence-corrected chi connectivity index (χ1v) is 12.5. The van der Waals surface area contributed by atoms with E-state index in [0.29, 0.717) is 21.4 Å². The fourth-order valence-corrected chi connectivity index (χ4v) is 5.06. The Morgan fingerprint density at radius 1 is 1.19 bits per heavy atom. The van der Waals surface area contributed by atoms with Crippen molar-refractivity contribution < 1.29 is 18.7 Å². The number of rotatable bonds is 6. The summed E-state index contributed by atoms with van der Waals surface area (Å²) in [7, 11) is 0. The third-order valence-corrected chi connectivity index (χ3v) is 7.04. The molecule has 0 aliphatic carbocycles. The van der Waals surface area contributed by atoms with Gasteiger partial charge in [-0.25, -0.2) is 4.39 Å². The van der Waals surface area contributed by atoms with Crippen LogP contribution in [0.3, 0.4) is 0 Å². The largest absolute Gasteiger partial charge is 0.487 e. The molecule has 1 saturated heterocycles.